The Morgan fingerprint density at radius 2 is 2.09 bits per heavy atom. The second-order valence-electron chi connectivity index (χ2n) is 6.63. The quantitative estimate of drug-likeness (QED) is 0.911. The molecule has 0 saturated heterocycles. The monoisotopic (exact) mass is 300 g/mol. The van der Waals surface area contributed by atoms with Crippen molar-refractivity contribution in [2.45, 2.75) is 31.7 Å². The second kappa shape index (κ2) is 6.48. The second-order valence-corrected chi connectivity index (χ2v) is 6.63. The van der Waals surface area contributed by atoms with Crippen LogP contribution in [-0.4, -0.2) is 47.7 Å². The number of nitrogens with one attached hydrogen (secondary N) is 2. The molecule has 3 rings (SSSR count). The predicted octanol–water partition coefficient (Wildman–Crippen LogP) is 2.41. The molecule has 0 atom stereocenters. The average Bonchev–Trinajstić information content (AvgIpc) is 2.96. The van der Waals surface area contributed by atoms with Gasteiger partial charge in [0, 0.05) is 23.5 Å². The Kier molecular flexibility index (Phi) is 4.43. The van der Waals surface area contributed by atoms with Crippen molar-refractivity contribution in [3.05, 3.63) is 30.0 Å². The minimum atomic E-state index is 0.0270. The van der Waals surface area contributed by atoms with Gasteiger partial charge in [-0.15, -0.1) is 0 Å². The molecule has 1 heterocycles. The zero-order chi connectivity index (χ0) is 15.5. The molecule has 1 fully saturated rings. The third-order valence-corrected chi connectivity index (χ3v) is 4.51. The molecule has 22 heavy (non-hydrogen) atoms. The van der Waals surface area contributed by atoms with E-state index in [0.29, 0.717) is 11.6 Å². The first-order valence-electron chi connectivity index (χ1n) is 8.00. The topological polar surface area (TPSA) is 61.0 Å². The van der Waals surface area contributed by atoms with Crippen molar-refractivity contribution in [1.29, 1.82) is 0 Å². The van der Waals surface area contributed by atoms with Crippen molar-refractivity contribution in [3.63, 3.8) is 0 Å². The Hall–Kier alpha value is -1.88. The van der Waals surface area contributed by atoms with E-state index in [9.17, 15) is 4.79 Å². The molecule has 1 saturated carbocycles. The van der Waals surface area contributed by atoms with Crippen LogP contribution in [0.25, 0.3) is 10.9 Å². The predicted molar refractivity (Wildman–Crippen MR) is 87.9 cm³/mol. The number of carbonyl (C=O) groups is 1. The molecular weight excluding hydrogens is 276 g/mol. The van der Waals surface area contributed by atoms with Crippen LogP contribution in [0.1, 0.15) is 36.0 Å². The summed E-state index contributed by atoms with van der Waals surface area (Å²) >= 11 is 0. The molecule has 1 amide bonds. The summed E-state index contributed by atoms with van der Waals surface area (Å²) in [5.41, 5.74) is 1.67. The standard InChI is InChI=1S/C17H24N4O/c1-21(2)11-12-3-6-15(7-4-12)19-17(22)13-5-8-16-14(9-13)10-18-20-16/h5,8-10,12,15H,3-4,6-7,11H2,1-2H3,(H,18,20)(H,19,22)/t12-,15-. The van der Waals surface area contributed by atoms with Gasteiger partial charge in [0.1, 0.15) is 0 Å². The van der Waals surface area contributed by atoms with Crippen molar-refractivity contribution >= 4 is 16.8 Å². The zero-order valence-electron chi connectivity index (χ0n) is 13.3. The van der Waals surface area contributed by atoms with E-state index in [2.05, 4.69) is 34.5 Å². The number of aromatic amines is 1. The van der Waals surface area contributed by atoms with E-state index in [0.717, 1.165) is 36.2 Å². The van der Waals surface area contributed by atoms with Crippen LogP contribution in [-0.2, 0) is 0 Å². The number of rotatable bonds is 4. The van der Waals surface area contributed by atoms with Crippen LogP contribution in [0.5, 0.6) is 0 Å². The molecule has 2 aromatic rings. The summed E-state index contributed by atoms with van der Waals surface area (Å²) in [5.74, 6) is 0.796. The van der Waals surface area contributed by atoms with Gasteiger partial charge in [-0.3, -0.25) is 9.89 Å². The van der Waals surface area contributed by atoms with E-state index >= 15 is 0 Å². The number of amides is 1. The minimum Gasteiger partial charge on any atom is -0.349 e. The summed E-state index contributed by atoms with van der Waals surface area (Å²) in [6, 6.07) is 5.97. The molecule has 1 aromatic carbocycles. The molecule has 0 unspecified atom stereocenters. The van der Waals surface area contributed by atoms with Gasteiger partial charge in [0.2, 0.25) is 0 Å². The van der Waals surface area contributed by atoms with Crippen molar-refractivity contribution in [1.82, 2.24) is 20.4 Å². The van der Waals surface area contributed by atoms with Crippen LogP contribution in [0.3, 0.4) is 0 Å². The normalized spacial score (nSPS) is 22.1. The van der Waals surface area contributed by atoms with E-state index in [1.54, 1.807) is 6.20 Å². The number of H-pyrrole nitrogens is 1. The summed E-state index contributed by atoms with van der Waals surface area (Å²) in [5, 5.41) is 11.0. The SMILES string of the molecule is CN(C)C[C@H]1CC[C@H](NC(=O)c2ccc3[nH]ncc3c2)CC1. The van der Waals surface area contributed by atoms with Crippen LogP contribution < -0.4 is 5.32 Å². The molecular formula is C17H24N4O. The number of hydrogen-bond acceptors (Lipinski definition) is 3. The maximum Gasteiger partial charge on any atom is 0.251 e. The molecule has 1 aliphatic rings. The third-order valence-electron chi connectivity index (χ3n) is 4.51. The minimum absolute atomic E-state index is 0.0270. The Balaban J connectivity index is 1.56. The average molecular weight is 300 g/mol. The summed E-state index contributed by atoms with van der Waals surface area (Å²) in [7, 11) is 4.25. The van der Waals surface area contributed by atoms with Crippen LogP contribution in [0.2, 0.25) is 0 Å². The number of fused-ring (bicyclic) bond motifs is 1. The Morgan fingerprint density at radius 3 is 2.82 bits per heavy atom. The van der Waals surface area contributed by atoms with Gasteiger partial charge in [-0.2, -0.15) is 5.10 Å². The Labute approximate surface area is 131 Å². The summed E-state index contributed by atoms with van der Waals surface area (Å²) in [6.07, 6.45) is 6.31. The molecule has 5 heteroatoms. The highest BCUT2D eigenvalue weighted by Gasteiger charge is 2.23. The Morgan fingerprint density at radius 1 is 1.32 bits per heavy atom. The first-order chi connectivity index (χ1) is 10.6. The van der Waals surface area contributed by atoms with E-state index in [1.165, 1.54) is 12.8 Å². The maximum atomic E-state index is 12.4. The van der Waals surface area contributed by atoms with Crippen LogP contribution in [0.4, 0.5) is 0 Å². The van der Waals surface area contributed by atoms with Gasteiger partial charge in [-0.25, -0.2) is 0 Å². The molecule has 0 spiro atoms. The lowest BCUT2D eigenvalue weighted by Gasteiger charge is -2.30. The fourth-order valence-corrected chi connectivity index (χ4v) is 3.36. The summed E-state index contributed by atoms with van der Waals surface area (Å²) in [6.45, 7) is 1.15. The Bertz CT molecular complexity index is 641. The molecule has 118 valence electrons. The highest BCUT2D eigenvalue weighted by atomic mass is 16.1. The molecule has 0 bridgehead atoms. The van der Waals surface area contributed by atoms with Gasteiger partial charge >= 0.3 is 0 Å². The van der Waals surface area contributed by atoms with Crippen LogP contribution >= 0.6 is 0 Å². The molecule has 0 aliphatic heterocycles. The lowest BCUT2D eigenvalue weighted by atomic mass is 9.85. The molecule has 2 N–H and O–H groups in total. The van der Waals surface area contributed by atoms with Crippen LogP contribution in [0, 0.1) is 5.92 Å². The van der Waals surface area contributed by atoms with Crippen molar-refractivity contribution < 1.29 is 4.79 Å². The highest BCUT2D eigenvalue weighted by Crippen LogP contribution is 2.25. The van der Waals surface area contributed by atoms with E-state index in [1.807, 2.05) is 18.2 Å². The van der Waals surface area contributed by atoms with Crippen LogP contribution in [0.15, 0.2) is 24.4 Å². The largest absolute Gasteiger partial charge is 0.349 e. The van der Waals surface area contributed by atoms with Gasteiger partial charge in [0.25, 0.3) is 5.91 Å². The summed E-state index contributed by atoms with van der Waals surface area (Å²) < 4.78 is 0. The van der Waals surface area contributed by atoms with Crippen molar-refractivity contribution in [3.8, 4) is 0 Å². The number of carbonyl (C=O) groups excluding carboxylic acids is 1. The number of aromatic nitrogens is 2. The van der Waals surface area contributed by atoms with Crippen molar-refractivity contribution in [2.75, 3.05) is 20.6 Å². The highest BCUT2D eigenvalue weighted by molar-refractivity contribution is 5.97. The smallest absolute Gasteiger partial charge is 0.251 e. The molecule has 1 aliphatic carbocycles. The fourth-order valence-electron chi connectivity index (χ4n) is 3.36. The van der Waals surface area contributed by atoms with Crippen molar-refractivity contribution in [2.24, 2.45) is 5.92 Å². The van der Waals surface area contributed by atoms with Gasteiger partial charge in [0.15, 0.2) is 0 Å². The maximum absolute atomic E-state index is 12.4. The molecule has 1 aromatic heterocycles. The van der Waals surface area contributed by atoms with E-state index < -0.39 is 0 Å². The molecule has 0 radical (unpaired) electrons. The first kappa shape index (κ1) is 15.0. The lowest BCUT2D eigenvalue weighted by Crippen LogP contribution is -2.39. The molecule has 5 nitrogen and oxygen atoms in total. The fraction of sp³-hybridized carbons (Fsp3) is 0.529. The van der Waals surface area contributed by atoms with Gasteiger partial charge < -0.3 is 10.2 Å². The van der Waals surface area contributed by atoms with Gasteiger partial charge in [-0.05, 0) is 63.9 Å². The zero-order valence-corrected chi connectivity index (χ0v) is 13.3. The lowest BCUT2D eigenvalue weighted by molar-refractivity contribution is 0.0919. The number of hydrogen-bond donors (Lipinski definition) is 2. The van der Waals surface area contributed by atoms with Gasteiger partial charge in [0.05, 0.1) is 11.7 Å². The summed E-state index contributed by atoms with van der Waals surface area (Å²) in [4.78, 5) is 14.6. The number of benzene rings is 1. The van der Waals surface area contributed by atoms with Gasteiger partial charge in [-0.1, -0.05) is 0 Å². The van der Waals surface area contributed by atoms with E-state index in [4.69, 9.17) is 0 Å². The number of nitrogens with zero attached hydrogens (tertiary/aromatic N) is 2. The van der Waals surface area contributed by atoms with E-state index in [-0.39, 0.29) is 5.91 Å². The first-order valence-corrected chi connectivity index (χ1v) is 8.00. The third kappa shape index (κ3) is 3.47.